The lowest BCUT2D eigenvalue weighted by molar-refractivity contribution is -0.124. The number of ether oxygens (including phenoxy) is 1. The second-order valence-corrected chi connectivity index (χ2v) is 3.82. The lowest BCUT2D eigenvalue weighted by Crippen LogP contribution is -2.27. The molecule has 0 radical (unpaired) electrons. The first-order valence-corrected chi connectivity index (χ1v) is 5.13. The van der Waals surface area contributed by atoms with Crippen LogP contribution in [0.1, 0.15) is 6.92 Å². The van der Waals surface area contributed by atoms with Crippen LogP contribution in [0.4, 0.5) is 10.1 Å². The van der Waals surface area contributed by atoms with E-state index >= 15 is 0 Å². The van der Waals surface area contributed by atoms with E-state index in [-0.39, 0.29) is 11.6 Å². The van der Waals surface area contributed by atoms with Crippen LogP contribution in [0.3, 0.4) is 0 Å². The fourth-order valence-corrected chi connectivity index (χ4v) is 1.39. The quantitative estimate of drug-likeness (QED) is 0.921. The number of hydrogen-bond acceptors (Lipinski definition) is 2. The molecule has 0 spiro atoms. The maximum absolute atomic E-state index is 13.3. The summed E-state index contributed by atoms with van der Waals surface area (Å²) >= 11 is 3.15. The molecule has 1 aromatic carbocycles. The monoisotopic (exact) mass is 275 g/mol. The van der Waals surface area contributed by atoms with Crippen LogP contribution >= 0.6 is 15.9 Å². The van der Waals surface area contributed by atoms with Crippen molar-refractivity contribution in [2.24, 2.45) is 0 Å². The summed E-state index contributed by atoms with van der Waals surface area (Å²) in [4.78, 5) is 11.4. The van der Waals surface area contributed by atoms with Gasteiger partial charge in [0.05, 0.1) is 5.69 Å². The maximum atomic E-state index is 13.3. The molecule has 0 bridgehead atoms. The Labute approximate surface area is 95.7 Å². The molecule has 1 unspecified atom stereocenters. The third-order valence-electron chi connectivity index (χ3n) is 1.93. The number of carbonyl (C=O) groups is 1. The molecular formula is C10H11BrFNO2. The highest BCUT2D eigenvalue weighted by Crippen LogP contribution is 2.25. The maximum Gasteiger partial charge on any atom is 0.253 e. The van der Waals surface area contributed by atoms with Gasteiger partial charge in [-0.15, -0.1) is 0 Å². The second-order valence-electron chi connectivity index (χ2n) is 2.96. The zero-order chi connectivity index (χ0) is 11.4. The Balaban J connectivity index is 2.85. The van der Waals surface area contributed by atoms with E-state index in [9.17, 15) is 9.18 Å². The van der Waals surface area contributed by atoms with Gasteiger partial charge < -0.3 is 10.1 Å². The van der Waals surface area contributed by atoms with E-state index in [0.29, 0.717) is 4.47 Å². The minimum absolute atomic E-state index is 0.131. The van der Waals surface area contributed by atoms with Crippen molar-refractivity contribution in [2.45, 2.75) is 13.0 Å². The van der Waals surface area contributed by atoms with Gasteiger partial charge in [0.2, 0.25) is 0 Å². The summed E-state index contributed by atoms with van der Waals surface area (Å²) in [6.07, 6.45) is -0.614. The van der Waals surface area contributed by atoms with Crippen LogP contribution in [-0.2, 0) is 9.53 Å². The molecular weight excluding hydrogens is 265 g/mol. The van der Waals surface area contributed by atoms with E-state index in [2.05, 4.69) is 21.2 Å². The molecule has 0 saturated carbocycles. The number of hydrogen-bond donors (Lipinski definition) is 1. The molecule has 1 N–H and O–H groups in total. The molecule has 0 aliphatic heterocycles. The Kier molecular flexibility index (Phi) is 4.23. The first-order valence-electron chi connectivity index (χ1n) is 4.34. The van der Waals surface area contributed by atoms with E-state index in [0.717, 1.165) is 0 Å². The molecule has 15 heavy (non-hydrogen) atoms. The largest absolute Gasteiger partial charge is 0.372 e. The van der Waals surface area contributed by atoms with Crippen molar-refractivity contribution >= 4 is 27.5 Å². The standard InChI is InChI=1S/C10H11BrFNO2/c1-6(15-2)10(14)13-9-7(11)4-3-5-8(9)12/h3-6H,1-2H3,(H,13,14). The molecule has 1 atom stereocenters. The molecule has 3 nitrogen and oxygen atoms in total. The number of carbonyl (C=O) groups excluding carboxylic acids is 1. The van der Waals surface area contributed by atoms with Gasteiger partial charge in [0.1, 0.15) is 11.9 Å². The molecule has 1 rings (SSSR count). The van der Waals surface area contributed by atoms with Crippen LogP contribution in [0.5, 0.6) is 0 Å². The summed E-state index contributed by atoms with van der Waals surface area (Å²) in [5, 5.41) is 2.44. The average molecular weight is 276 g/mol. The van der Waals surface area contributed by atoms with Gasteiger partial charge in [0, 0.05) is 11.6 Å². The minimum Gasteiger partial charge on any atom is -0.372 e. The third kappa shape index (κ3) is 3.00. The lowest BCUT2D eigenvalue weighted by atomic mass is 10.3. The van der Waals surface area contributed by atoms with Crippen LogP contribution < -0.4 is 5.32 Å². The Morgan fingerprint density at radius 1 is 1.60 bits per heavy atom. The van der Waals surface area contributed by atoms with Crippen molar-refractivity contribution in [1.29, 1.82) is 0 Å². The van der Waals surface area contributed by atoms with Gasteiger partial charge in [0.15, 0.2) is 0 Å². The molecule has 1 aromatic rings. The normalized spacial score (nSPS) is 12.3. The second kappa shape index (κ2) is 5.23. The summed E-state index contributed by atoms with van der Waals surface area (Å²) < 4.78 is 18.6. The number of halogens is 2. The van der Waals surface area contributed by atoms with Crippen molar-refractivity contribution in [3.05, 3.63) is 28.5 Å². The van der Waals surface area contributed by atoms with Gasteiger partial charge in [-0.3, -0.25) is 4.79 Å². The highest BCUT2D eigenvalue weighted by atomic mass is 79.9. The van der Waals surface area contributed by atoms with Gasteiger partial charge in [-0.2, -0.15) is 0 Å². The molecule has 0 aromatic heterocycles. The van der Waals surface area contributed by atoms with Crippen molar-refractivity contribution < 1.29 is 13.9 Å². The predicted molar refractivity (Wildman–Crippen MR) is 59.2 cm³/mol. The SMILES string of the molecule is COC(C)C(=O)Nc1c(F)cccc1Br. The zero-order valence-corrected chi connectivity index (χ0v) is 9.97. The first kappa shape index (κ1) is 12.1. The van der Waals surface area contributed by atoms with Crippen LogP contribution in [0, 0.1) is 5.82 Å². The molecule has 82 valence electrons. The summed E-state index contributed by atoms with van der Waals surface area (Å²) in [7, 11) is 1.42. The first-order chi connectivity index (χ1) is 7.06. The number of methoxy groups -OCH3 is 1. The van der Waals surface area contributed by atoms with Crippen molar-refractivity contribution in [3.8, 4) is 0 Å². The molecule has 0 heterocycles. The highest BCUT2D eigenvalue weighted by molar-refractivity contribution is 9.10. The van der Waals surface area contributed by atoms with E-state index in [1.807, 2.05) is 0 Å². The van der Waals surface area contributed by atoms with E-state index in [1.165, 1.54) is 13.2 Å². The van der Waals surface area contributed by atoms with Crippen molar-refractivity contribution in [3.63, 3.8) is 0 Å². The van der Waals surface area contributed by atoms with Crippen molar-refractivity contribution in [2.75, 3.05) is 12.4 Å². The number of benzene rings is 1. The number of amides is 1. The average Bonchev–Trinajstić information content (AvgIpc) is 2.22. The van der Waals surface area contributed by atoms with Crippen molar-refractivity contribution in [1.82, 2.24) is 0 Å². The van der Waals surface area contributed by atoms with Gasteiger partial charge >= 0.3 is 0 Å². The highest BCUT2D eigenvalue weighted by Gasteiger charge is 2.15. The molecule has 0 aliphatic carbocycles. The summed E-state index contributed by atoms with van der Waals surface area (Å²) in [6, 6.07) is 4.48. The smallest absolute Gasteiger partial charge is 0.253 e. The third-order valence-corrected chi connectivity index (χ3v) is 2.59. The summed E-state index contributed by atoms with van der Waals surface area (Å²) in [5.74, 6) is -0.871. The number of para-hydroxylation sites is 1. The van der Waals surface area contributed by atoms with Crippen LogP contribution in [0.25, 0.3) is 0 Å². The fourth-order valence-electron chi connectivity index (χ4n) is 0.949. The predicted octanol–water partition coefficient (Wildman–Crippen LogP) is 2.56. The van der Waals surface area contributed by atoms with E-state index < -0.39 is 11.9 Å². The Bertz CT molecular complexity index is 350. The van der Waals surface area contributed by atoms with Crippen LogP contribution in [0.2, 0.25) is 0 Å². The summed E-state index contributed by atoms with van der Waals surface area (Å²) in [6.45, 7) is 1.59. The van der Waals surface area contributed by atoms with Crippen LogP contribution in [-0.4, -0.2) is 19.1 Å². The molecule has 0 aliphatic rings. The fraction of sp³-hybridized carbons (Fsp3) is 0.300. The van der Waals surface area contributed by atoms with E-state index in [4.69, 9.17) is 4.74 Å². The Morgan fingerprint density at radius 3 is 2.80 bits per heavy atom. The Hall–Kier alpha value is -0.940. The van der Waals surface area contributed by atoms with Crippen LogP contribution in [0.15, 0.2) is 22.7 Å². The van der Waals surface area contributed by atoms with E-state index in [1.54, 1.807) is 19.1 Å². The van der Waals surface area contributed by atoms with Gasteiger partial charge in [-0.05, 0) is 35.0 Å². The van der Waals surface area contributed by atoms with Gasteiger partial charge in [-0.25, -0.2) is 4.39 Å². The lowest BCUT2D eigenvalue weighted by Gasteiger charge is -2.12. The Morgan fingerprint density at radius 2 is 2.27 bits per heavy atom. The van der Waals surface area contributed by atoms with Gasteiger partial charge in [-0.1, -0.05) is 6.07 Å². The molecule has 5 heteroatoms. The minimum atomic E-state index is -0.614. The number of rotatable bonds is 3. The topological polar surface area (TPSA) is 38.3 Å². The molecule has 0 saturated heterocycles. The molecule has 1 amide bonds. The number of anilines is 1. The number of nitrogens with one attached hydrogen (secondary N) is 1. The van der Waals surface area contributed by atoms with Gasteiger partial charge in [0.25, 0.3) is 5.91 Å². The zero-order valence-electron chi connectivity index (χ0n) is 8.38. The summed E-state index contributed by atoms with van der Waals surface area (Å²) in [5.41, 5.74) is 0.131. The molecule has 0 fully saturated rings.